The van der Waals surface area contributed by atoms with Gasteiger partial charge in [0.2, 0.25) is 5.91 Å². The molecule has 1 aromatic carbocycles. The van der Waals surface area contributed by atoms with Gasteiger partial charge < -0.3 is 10.1 Å². The monoisotopic (exact) mass is 521 g/mol. The van der Waals surface area contributed by atoms with E-state index in [4.69, 9.17) is 4.74 Å². The first kappa shape index (κ1) is 23.5. The number of pyridine rings is 1. The Hall–Kier alpha value is -2.91. The van der Waals surface area contributed by atoms with Crippen molar-refractivity contribution in [3.05, 3.63) is 74.5 Å². The number of hydrogen-bond acceptors (Lipinski definition) is 7. The third kappa shape index (κ3) is 4.08. The molecule has 3 aliphatic rings. The highest BCUT2D eigenvalue weighted by Gasteiger charge is 2.55. The van der Waals surface area contributed by atoms with Crippen molar-refractivity contribution in [2.75, 3.05) is 11.9 Å². The highest BCUT2D eigenvalue weighted by Crippen LogP contribution is 2.63. The van der Waals surface area contributed by atoms with Gasteiger partial charge in [-0.2, -0.15) is 0 Å². The van der Waals surface area contributed by atoms with Crippen molar-refractivity contribution in [3.8, 4) is 0 Å². The predicted molar refractivity (Wildman–Crippen MR) is 140 cm³/mol. The van der Waals surface area contributed by atoms with E-state index in [-0.39, 0.29) is 23.2 Å². The van der Waals surface area contributed by atoms with Gasteiger partial charge >= 0.3 is 10.8 Å². The van der Waals surface area contributed by atoms with Crippen LogP contribution in [-0.4, -0.2) is 33.3 Å². The molecule has 2 saturated carbocycles. The van der Waals surface area contributed by atoms with Crippen molar-refractivity contribution < 1.29 is 14.3 Å². The van der Waals surface area contributed by atoms with E-state index in [1.807, 2.05) is 24.0 Å². The van der Waals surface area contributed by atoms with E-state index in [0.29, 0.717) is 40.9 Å². The Balaban J connectivity index is 1.26. The molecular weight excluding hydrogens is 494 g/mol. The molecule has 3 heterocycles. The minimum absolute atomic E-state index is 0.0392. The van der Waals surface area contributed by atoms with Crippen molar-refractivity contribution in [2.45, 2.75) is 48.9 Å². The molecule has 6 rings (SSSR count). The van der Waals surface area contributed by atoms with Crippen LogP contribution < -0.4 is 10.2 Å². The molecule has 1 N–H and O–H groups in total. The lowest BCUT2D eigenvalue weighted by atomic mass is 9.75. The fourth-order valence-electron chi connectivity index (χ4n) is 6.27. The maximum absolute atomic E-state index is 13.2. The first-order valence-corrected chi connectivity index (χ1v) is 14.1. The van der Waals surface area contributed by atoms with Crippen molar-refractivity contribution in [2.24, 2.45) is 17.8 Å². The number of carbonyl (C=O) groups excluding carboxylic acids is 2. The normalized spacial score (nSPS) is 25.8. The lowest BCUT2D eigenvalue weighted by molar-refractivity contribution is -0.116. The molecule has 0 radical (unpaired) electrons. The number of carbonyl (C=O) groups is 2. The van der Waals surface area contributed by atoms with E-state index >= 15 is 0 Å². The van der Waals surface area contributed by atoms with Gasteiger partial charge in [0.05, 0.1) is 17.2 Å². The third-order valence-electron chi connectivity index (χ3n) is 7.72. The minimum Gasteiger partial charge on any atom is -0.462 e. The molecule has 5 atom stereocenters. The van der Waals surface area contributed by atoms with Crippen LogP contribution in [0.15, 0.2) is 58.6 Å². The zero-order valence-electron chi connectivity index (χ0n) is 19.9. The third-order valence-corrected chi connectivity index (χ3v) is 10.5. The molecule has 7 nitrogen and oxygen atoms in total. The number of thioether (sulfide) groups is 1. The van der Waals surface area contributed by atoms with Crippen LogP contribution in [0.25, 0.3) is 0 Å². The number of nitrogens with zero attached hydrogens (tertiary/aromatic N) is 2. The van der Waals surface area contributed by atoms with Gasteiger partial charge in [0.25, 0.3) is 0 Å². The molecule has 2 aromatic heterocycles. The second kappa shape index (κ2) is 9.52. The summed E-state index contributed by atoms with van der Waals surface area (Å²) in [7, 11) is 0. The first-order valence-electron chi connectivity index (χ1n) is 12.4. The Bertz CT molecular complexity index is 1350. The summed E-state index contributed by atoms with van der Waals surface area (Å²) in [5, 5.41) is 4.28. The number of hydrogen-bond donors (Lipinski definition) is 1. The van der Waals surface area contributed by atoms with Gasteiger partial charge in [-0.15, -0.1) is 11.8 Å². The van der Waals surface area contributed by atoms with Crippen LogP contribution in [0.2, 0.25) is 0 Å². The van der Waals surface area contributed by atoms with Gasteiger partial charge in [-0.3, -0.25) is 19.1 Å². The van der Waals surface area contributed by atoms with E-state index in [0.717, 1.165) is 9.90 Å². The molecule has 3 aromatic rings. The molecule has 186 valence electrons. The summed E-state index contributed by atoms with van der Waals surface area (Å²) in [4.78, 5) is 43.4. The van der Waals surface area contributed by atoms with Crippen LogP contribution >= 0.6 is 23.1 Å². The summed E-state index contributed by atoms with van der Waals surface area (Å²) in [6.07, 6.45) is 7.52. The molecule has 2 fully saturated rings. The number of esters is 1. The molecule has 0 spiro atoms. The number of benzene rings is 1. The maximum atomic E-state index is 13.2. The average molecular weight is 522 g/mol. The molecule has 36 heavy (non-hydrogen) atoms. The van der Waals surface area contributed by atoms with Crippen molar-refractivity contribution in [1.82, 2.24) is 9.55 Å². The van der Waals surface area contributed by atoms with Crippen LogP contribution in [0.5, 0.6) is 0 Å². The minimum atomic E-state index is -0.397. The average Bonchev–Trinajstić information content (AvgIpc) is 3.58. The van der Waals surface area contributed by atoms with Crippen LogP contribution in [-0.2, 0) is 16.1 Å². The van der Waals surface area contributed by atoms with E-state index in [1.165, 1.54) is 36.2 Å². The van der Waals surface area contributed by atoms with E-state index in [2.05, 4.69) is 16.4 Å². The first-order chi connectivity index (χ1) is 17.5. The zero-order valence-corrected chi connectivity index (χ0v) is 21.5. The van der Waals surface area contributed by atoms with Gasteiger partial charge in [0, 0.05) is 34.1 Å². The summed E-state index contributed by atoms with van der Waals surface area (Å²) >= 11 is 3.10. The van der Waals surface area contributed by atoms with E-state index in [1.54, 1.807) is 42.0 Å². The molecule has 1 amide bonds. The highest BCUT2D eigenvalue weighted by atomic mass is 32.2. The van der Waals surface area contributed by atoms with Crippen LogP contribution in [0.1, 0.15) is 52.9 Å². The van der Waals surface area contributed by atoms with Gasteiger partial charge in [-0.1, -0.05) is 17.4 Å². The Morgan fingerprint density at radius 1 is 1.17 bits per heavy atom. The van der Waals surface area contributed by atoms with Gasteiger partial charge in [0.15, 0.2) is 0 Å². The Morgan fingerprint density at radius 2 is 1.97 bits per heavy atom. The largest absolute Gasteiger partial charge is 0.462 e. The summed E-state index contributed by atoms with van der Waals surface area (Å²) < 4.78 is 6.66. The standard InChI is InChI=1S/C27H27N3O4S2/c1-2-34-26(32)15-7-9-19(10-8-15)29-20(31)14-30-25-24(36-27(30)33)22(18-4-3-11-28-13-18)21-16-5-6-17(12-16)23(21)35-25/h3-4,7-11,13,16-17,21-23H,2,5-6,12,14H2,1H3,(H,29,31)/t16?,17?,21?,22-,23?/m0/s1. The van der Waals surface area contributed by atoms with Crippen LogP contribution in [0.4, 0.5) is 5.69 Å². The highest BCUT2D eigenvalue weighted by molar-refractivity contribution is 8.00. The number of anilines is 1. The van der Waals surface area contributed by atoms with E-state index < -0.39 is 5.97 Å². The van der Waals surface area contributed by atoms with Gasteiger partial charge in [-0.05, 0) is 79.8 Å². The van der Waals surface area contributed by atoms with Crippen molar-refractivity contribution >= 4 is 40.7 Å². The fourth-order valence-corrected chi connectivity index (χ4v) is 9.42. The quantitative estimate of drug-likeness (QED) is 0.470. The topological polar surface area (TPSA) is 90.3 Å². The molecule has 0 saturated heterocycles. The number of aromatic nitrogens is 2. The Labute approximate surface area is 217 Å². The summed E-state index contributed by atoms with van der Waals surface area (Å²) in [5.41, 5.74) is 2.16. The zero-order chi connectivity index (χ0) is 24.8. The molecule has 2 bridgehead atoms. The summed E-state index contributed by atoms with van der Waals surface area (Å²) in [5.74, 6) is 1.38. The lowest BCUT2D eigenvalue weighted by Crippen LogP contribution is -2.34. The van der Waals surface area contributed by atoms with Crippen LogP contribution in [0, 0.1) is 17.8 Å². The Kier molecular flexibility index (Phi) is 6.21. The molecule has 4 unspecified atom stereocenters. The van der Waals surface area contributed by atoms with Crippen molar-refractivity contribution in [3.63, 3.8) is 0 Å². The molecule has 2 aliphatic carbocycles. The number of ether oxygens (including phenoxy) is 1. The predicted octanol–water partition coefficient (Wildman–Crippen LogP) is 4.77. The van der Waals surface area contributed by atoms with Crippen molar-refractivity contribution in [1.29, 1.82) is 0 Å². The van der Waals surface area contributed by atoms with E-state index in [9.17, 15) is 14.4 Å². The number of amides is 1. The second-order valence-electron chi connectivity index (χ2n) is 9.73. The Morgan fingerprint density at radius 3 is 2.72 bits per heavy atom. The second-order valence-corrected chi connectivity index (χ2v) is 11.9. The number of nitrogens with one attached hydrogen (secondary N) is 1. The number of thiazole rings is 1. The van der Waals surface area contributed by atoms with Crippen LogP contribution in [0.3, 0.4) is 0 Å². The molecule has 9 heteroatoms. The SMILES string of the molecule is CCOC(=O)c1ccc(NC(=O)Cn2c3c(sc2=O)[C@@H](c2cccnc2)C2C4CCC(C4)C2S3)cc1. The number of fused-ring (bicyclic) bond motifs is 6. The molecule has 1 aliphatic heterocycles. The van der Waals surface area contributed by atoms with Gasteiger partial charge in [-0.25, -0.2) is 4.79 Å². The maximum Gasteiger partial charge on any atom is 0.338 e. The number of rotatable bonds is 6. The molecular formula is C27H27N3O4S2. The lowest BCUT2D eigenvalue weighted by Gasteiger charge is -2.40. The summed E-state index contributed by atoms with van der Waals surface area (Å²) in [6, 6.07) is 10.7. The summed E-state index contributed by atoms with van der Waals surface area (Å²) in [6.45, 7) is 2.02. The van der Waals surface area contributed by atoms with Gasteiger partial charge in [0.1, 0.15) is 6.54 Å². The fraction of sp³-hybridized carbons (Fsp3) is 0.407. The smallest absolute Gasteiger partial charge is 0.338 e.